The number of hydrogen-bond acceptors (Lipinski definition) is 6. The van der Waals surface area contributed by atoms with Gasteiger partial charge in [0.05, 0.1) is 23.6 Å². The Bertz CT molecular complexity index is 1240. The van der Waals surface area contributed by atoms with Crippen molar-refractivity contribution in [2.24, 2.45) is 5.92 Å². The summed E-state index contributed by atoms with van der Waals surface area (Å²) in [5.41, 5.74) is 1.62. The Kier molecular flexibility index (Phi) is 7.86. The monoisotopic (exact) mass is 510 g/mol. The molecule has 1 amide bonds. The van der Waals surface area contributed by atoms with Crippen molar-refractivity contribution in [1.82, 2.24) is 8.61 Å². The Labute approximate surface area is 201 Å². The summed E-state index contributed by atoms with van der Waals surface area (Å²) in [4.78, 5) is 12.8. The molecule has 3 rings (SSSR count). The van der Waals surface area contributed by atoms with Gasteiger partial charge in [0.1, 0.15) is 5.75 Å². The van der Waals surface area contributed by atoms with Crippen LogP contribution in [0.1, 0.15) is 18.4 Å². The highest BCUT2D eigenvalue weighted by atomic mass is 32.2. The summed E-state index contributed by atoms with van der Waals surface area (Å²) in [7, 11) is -3.10. The maximum atomic E-state index is 12.8. The van der Waals surface area contributed by atoms with Gasteiger partial charge in [0.25, 0.3) is 20.2 Å². The second-order valence-corrected chi connectivity index (χ2v) is 12.1. The molecule has 0 radical (unpaired) electrons. The van der Waals surface area contributed by atoms with Gasteiger partial charge in [-0.1, -0.05) is 6.07 Å². The number of ether oxygens (including phenoxy) is 1. The fourth-order valence-corrected chi connectivity index (χ4v) is 5.92. The predicted molar refractivity (Wildman–Crippen MR) is 131 cm³/mol. The van der Waals surface area contributed by atoms with Crippen LogP contribution in [0.5, 0.6) is 5.75 Å². The largest absolute Gasteiger partial charge is 0.495 e. The number of nitrogens with one attached hydrogen (secondary N) is 2. The standard InChI is InChI=1S/C22H30N4O6S2/c1-16-7-12-21(32-4)20(14-16)24-33(28,29)19-10-8-18(9-11-19)23-22(27)17-6-5-13-26(15-17)34(30,31)25(2)3/h7-12,14,17,24H,5-6,13,15H2,1-4H3,(H,23,27)/t17-/m1/s1. The summed E-state index contributed by atoms with van der Waals surface area (Å²) in [5.74, 6) is -0.407. The third kappa shape index (κ3) is 5.87. The molecular formula is C22H30N4O6S2. The fraction of sp³-hybridized carbons (Fsp3) is 0.409. The number of methoxy groups -OCH3 is 1. The van der Waals surface area contributed by atoms with E-state index in [1.54, 1.807) is 12.1 Å². The van der Waals surface area contributed by atoms with Gasteiger partial charge < -0.3 is 10.1 Å². The molecule has 12 heteroatoms. The molecule has 1 fully saturated rings. The molecule has 0 spiro atoms. The van der Waals surface area contributed by atoms with Gasteiger partial charge in [-0.3, -0.25) is 9.52 Å². The van der Waals surface area contributed by atoms with Crippen molar-refractivity contribution >= 4 is 37.5 Å². The minimum absolute atomic E-state index is 0.0231. The smallest absolute Gasteiger partial charge is 0.281 e. The van der Waals surface area contributed by atoms with Gasteiger partial charge >= 0.3 is 0 Å². The first-order chi connectivity index (χ1) is 15.9. The molecule has 0 aromatic heterocycles. The van der Waals surface area contributed by atoms with Crippen LogP contribution in [0.25, 0.3) is 0 Å². The Balaban J connectivity index is 1.69. The van der Waals surface area contributed by atoms with Crippen molar-refractivity contribution in [2.45, 2.75) is 24.7 Å². The van der Waals surface area contributed by atoms with Crippen LogP contribution in [0.15, 0.2) is 47.4 Å². The minimum atomic E-state index is -3.88. The van der Waals surface area contributed by atoms with Crippen LogP contribution in [0.4, 0.5) is 11.4 Å². The number of aryl methyl sites for hydroxylation is 1. The highest BCUT2D eigenvalue weighted by Crippen LogP contribution is 2.28. The fourth-order valence-electron chi connectivity index (χ4n) is 3.66. The summed E-state index contributed by atoms with van der Waals surface area (Å²) in [6.45, 7) is 2.31. The lowest BCUT2D eigenvalue weighted by molar-refractivity contribution is -0.120. The SMILES string of the molecule is COc1ccc(C)cc1NS(=O)(=O)c1ccc(NC(=O)[C@@H]2CCCN(S(=O)(=O)N(C)C)C2)cc1. The Morgan fingerprint density at radius 1 is 1.09 bits per heavy atom. The van der Waals surface area contributed by atoms with Crippen LogP contribution in [0.2, 0.25) is 0 Å². The van der Waals surface area contributed by atoms with Crippen LogP contribution in [-0.2, 0) is 25.0 Å². The van der Waals surface area contributed by atoms with E-state index in [2.05, 4.69) is 10.0 Å². The molecule has 186 valence electrons. The van der Waals surface area contributed by atoms with Gasteiger partial charge in [0.15, 0.2) is 0 Å². The molecular weight excluding hydrogens is 480 g/mol. The molecule has 0 saturated carbocycles. The first-order valence-electron chi connectivity index (χ1n) is 10.7. The third-order valence-corrected chi connectivity index (χ3v) is 8.86. The zero-order valence-electron chi connectivity index (χ0n) is 19.6. The number of sulfonamides is 1. The average molecular weight is 511 g/mol. The van der Waals surface area contributed by atoms with Gasteiger partial charge in [0, 0.05) is 32.9 Å². The number of hydrogen-bond donors (Lipinski definition) is 2. The molecule has 2 aromatic carbocycles. The molecule has 1 aliphatic rings. The molecule has 1 atom stereocenters. The number of carbonyl (C=O) groups is 1. The average Bonchev–Trinajstić information content (AvgIpc) is 2.79. The van der Waals surface area contributed by atoms with Crippen LogP contribution in [0.3, 0.4) is 0 Å². The second-order valence-electron chi connectivity index (χ2n) is 8.31. The highest BCUT2D eigenvalue weighted by molar-refractivity contribution is 7.92. The Morgan fingerprint density at radius 2 is 1.76 bits per heavy atom. The summed E-state index contributed by atoms with van der Waals surface area (Å²) in [6, 6.07) is 11.0. The van der Waals surface area contributed by atoms with E-state index in [1.807, 2.05) is 13.0 Å². The second kappa shape index (κ2) is 10.3. The molecule has 34 heavy (non-hydrogen) atoms. The predicted octanol–water partition coefficient (Wildman–Crippen LogP) is 2.26. The van der Waals surface area contributed by atoms with Crippen molar-refractivity contribution < 1.29 is 26.4 Å². The Morgan fingerprint density at radius 3 is 2.38 bits per heavy atom. The minimum Gasteiger partial charge on any atom is -0.495 e. The van der Waals surface area contributed by atoms with E-state index < -0.39 is 26.2 Å². The van der Waals surface area contributed by atoms with Gasteiger partial charge in [-0.25, -0.2) is 8.42 Å². The van der Waals surface area contributed by atoms with Crippen molar-refractivity contribution in [3.63, 3.8) is 0 Å². The number of carbonyl (C=O) groups excluding carboxylic acids is 1. The normalized spacial score (nSPS) is 17.4. The summed E-state index contributed by atoms with van der Waals surface area (Å²) in [5, 5.41) is 2.76. The van der Waals surface area contributed by atoms with Gasteiger partial charge in [-0.2, -0.15) is 17.0 Å². The molecule has 1 heterocycles. The molecule has 1 aliphatic heterocycles. The van der Waals surface area contributed by atoms with Crippen molar-refractivity contribution in [2.75, 3.05) is 44.3 Å². The maximum absolute atomic E-state index is 12.8. The quantitative estimate of drug-likeness (QED) is 0.561. The van der Waals surface area contributed by atoms with Gasteiger partial charge in [-0.05, 0) is 61.7 Å². The lowest BCUT2D eigenvalue weighted by atomic mass is 9.99. The summed E-state index contributed by atoms with van der Waals surface area (Å²) >= 11 is 0. The number of amides is 1. The maximum Gasteiger partial charge on any atom is 0.281 e. The molecule has 1 saturated heterocycles. The summed E-state index contributed by atoms with van der Waals surface area (Å²) in [6.07, 6.45) is 1.15. The number of anilines is 2. The zero-order chi connectivity index (χ0) is 25.1. The van der Waals surface area contributed by atoms with E-state index in [-0.39, 0.29) is 17.3 Å². The first kappa shape index (κ1) is 25.9. The number of piperidine rings is 1. The van der Waals surface area contributed by atoms with Gasteiger partial charge in [-0.15, -0.1) is 0 Å². The van der Waals surface area contributed by atoms with Crippen LogP contribution < -0.4 is 14.8 Å². The van der Waals surface area contributed by atoms with Crippen molar-refractivity contribution in [3.05, 3.63) is 48.0 Å². The first-order valence-corrected chi connectivity index (χ1v) is 13.6. The van der Waals surface area contributed by atoms with E-state index in [0.29, 0.717) is 36.5 Å². The van der Waals surface area contributed by atoms with E-state index in [4.69, 9.17) is 4.74 Å². The van der Waals surface area contributed by atoms with E-state index in [9.17, 15) is 21.6 Å². The molecule has 0 aliphatic carbocycles. The topological polar surface area (TPSA) is 125 Å². The zero-order valence-corrected chi connectivity index (χ0v) is 21.2. The molecule has 2 aromatic rings. The van der Waals surface area contributed by atoms with Crippen LogP contribution in [-0.4, -0.2) is 65.6 Å². The molecule has 0 unspecified atom stereocenters. The Hall–Kier alpha value is -2.67. The van der Waals surface area contributed by atoms with E-state index in [0.717, 1.165) is 9.87 Å². The highest BCUT2D eigenvalue weighted by Gasteiger charge is 2.33. The molecule has 0 bridgehead atoms. The van der Waals surface area contributed by atoms with Crippen molar-refractivity contribution in [3.8, 4) is 5.75 Å². The summed E-state index contributed by atoms with van der Waals surface area (Å²) < 4.78 is 60.6. The lowest BCUT2D eigenvalue weighted by Gasteiger charge is -2.32. The molecule has 10 nitrogen and oxygen atoms in total. The number of nitrogens with zero attached hydrogens (tertiary/aromatic N) is 2. The lowest BCUT2D eigenvalue weighted by Crippen LogP contribution is -2.47. The molecule has 2 N–H and O–H groups in total. The van der Waals surface area contributed by atoms with E-state index in [1.165, 1.54) is 49.8 Å². The van der Waals surface area contributed by atoms with E-state index >= 15 is 0 Å². The van der Waals surface area contributed by atoms with Crippen LogP contribution in [0, 0.1) is 12.8 Å². The number of rotatable bonds is 8. The number of benzene rings is 2. The van der Waals surface area contributed by atoms with Gasteiger partial charge in [0.2, 0.25) is 5.91 Å². The third-order valence-electron chi connectivity index (χ3n) is 5.57. The van der Waals surface area contributed by atoms with Crippen LogP contribution >= 0.6 is 0 Å². The van der Waals surface area contributed by atoms with Crippen molar-refractivity contribution in [1.29, 1.82) is 0 Å².